The van der Waals surface area contributed by atoms with E-state index in [0.717, 1.165) is 29.8 Å². The number of H-pyrrole nitrogens is 1. The Labute approximate surface area is 149 Å². The maximum absolute atomic E-state index is 12.3. The van der Waals surface area contributed by atoms with Crippen molar-refractivity contribution in [2.75, 3.05) is 13.1 Å². The van der Waals surface area contributed by atoms with Gasteiger partial charge in [-0.3, -0.25) is 9.36 Å². The minimum atomic E-state index is -0.367. The van der Waals surface area contributed by atoms with Crippen LogP contribution >= 0.6 is 23.2 Å². The van der Waals surface area contributed by atoms with E-state index in [4.69, 9.17) is 23.2 Å². The van der Waals surface area contributed by atoms with Crippen LogP contribution in [0.3, 0.4) is 0 Å². The highest BCUT2D eigenvalue weighted by atomic mass is 35.5. The lowest BCUT2D eigenvalue weighted by molar-refractivity contribution is -0.133. The summed E-state index contributed by atoms with van der Waals surface area (Å²) in [6.07, 6.45) is 4.03. The zero-order chi connectivity index (χ0) is 17.1. The van der Waals surface area contributed by atoms with E-state index in [2.05, 4.69) is 10.2 Å². The molecule has 128 valence electrons. The van der Waals surface area contributed by atoms with Crippen LogP contribution in [-0.2, 0) is 17.8 Å². The largest absolute Gasteiger partial charge is 0.343 e. The summed E-state index contributed by atoms with van der Waals surface area (Å²) in [5.41, 5.74) is 0.688. The molecule has 1 aromatic carbocycles. The predicted molar refractivity (Wildman–Crippen MR) is 92.3 cm³/mol. The Morgan fingerprint density at radius 2 is 2.04 bits per heavy atom. The molecule has 0 radical (unpaired) electrons. The fraction of sp³-hybridized carbons (Fsp3) is 0.438. The summed E-state index contributed by atoms with van der Waals surface area (Å²) < 4.78 is 1.28. The van der Waals surface area contributed by atoms with E-state index in [-0.39, 0.29) is 18.1 Å². The summed E-state index contributed by atoms with van der Waals surface area (Å²) in [6, 6.07) is 5.51. The summed E-state index contributed by atoms with van der Waals surface area (Å²) in [5, 5.41) is 7.33. The number of nitrogens with one attached hydrogen (secondary N) is 1. The molecule has 1 fully saturated rings. The van der Waals surface area contributed by atoms with Crippen molar-refractivity contribution in [3.8, 4) is 0 Å². The first kappa shape index (κ1) is 17.0. The molecule has 1 N–H and O–H groups in total. The molecule has 2 heterocycles. The third-order valence-corrected chi connectivity index (χ3v) is 5.01. The summed E-state index contributed by atoms with van der Waals surface area (Å²) >= 11 is 12.3. The van der Waals surface area contributed by atoms with E-state index < -0.39 is 0 Å². The number of hydrogen-bond donors (Lipinski definition) is 1. The highest BCUT2D eigenvalue weighted by molar-refractivity contribution is 6.33. The van der Waals surface area contributed by atoms with Gasteiger partial charge in [-0.1, -0.05) is 23.2 Å². The fourth-order valence-corrected chi connectivity index (χ4v) is 3.42. The zero-order valence-corrected chi connectivity index (χ0v) is 14.6. The Morgan fingerprint density at radius 1 is 1.29 bits per heavy atom. The van der Waals surface area contributed by atoms with Crippen molar-refractivity contribution in [2.24, 2.45) is 5.92 Å². The van der Waals surface area contributed by atoms with E-state index in [0.29, 0.717) is 24.0 Å². The quantitative estimate of drug-likeness (QED) is 0.900. The molecule has 1 amide bonds. The molecule has 24 heavy (non-hydrogen) atoms. The van der Waals surface area contributed by atoms with Crippen LogP contribution in [0.1, 0.15) is 18.4 Å². The molecule has 0 saturated carbocycles. The van der Waals surface area contributed by atoms with Gasteiger partial charge < -0.3 is 4.90 Å². The Morgan fingerprint density at radius 3 is 2.71 bits per heavy atom. The molecule has 0 unspecified atom stereocenters. The molecule has 6 nitrogen and oxygen atoms in total. The molecule has 0 aliphatic carbocycles. The molecule has 1 aliphatic heterocycles. The van der Waals surface area contributed by atoms with Gasteiger partial charge in [0.25, 0.3) is 0 Å². The monoisotopic (exact) mass is 368 g/mol. The van der Waals surface area contributed by atoms with E-state index >= 15 is 0 Å². The molecule has 0 bridgehead atoms. The smallest absolute Gasteiger partial charge is 0.341 e. The molecular formula is C16H18Cl2N4O2. The van der Waals surface area contributed by atoms with Crippen LogP contribution in [0, 0.1) is 5.92 Å². The van der Waals surface area contributed by atoms with Crippen LogP contribution in [-0.4, -0.2) is 38.7 Å². The molecule has 1 aromatic heterocycles. The van der Waals surface area contributed by atoms with Gasteiger partial charge in [-0.15, -0.1) is 0 Å². The third-order valence-electron chi connectivity index (χ3n) is 4.41. The van der Waals surface area contributed by atoms with Crippen molar-refractivity contribution in [1.29, 1.82) is 0 Å². The molecule has 1 aliphatic rings. The van der Waals surface area contributed by atoms with Crippen molar-refractivity contribution < 1.29 is 4.79 Å². The van der Waals surface area contributed by atoms with Crippen molar-refractivity contribution >= 4 is 29.1 Å². The highest BCUT2D eigenvalue weighted by Gasteiger charge is 2.24. The standard InChI is InChI=1S/C16H18Cl2N4O2/c17-13-1-2-14(18)12(8-13)7-11-3-5-21(6-4-11)15(23)9-22-10-19-20-16(22)24/h1-2,8,10-11H,3-7,9H2,(H,20,24). The number of benzene rings is 1. The maximum atomic E-state index is 12.3. The van der Waals surface area contributed by atoms with Crippen LogP contribution in [0.15, 0.2) is 29.3 Å². The number of likely N-dealkylation sites (tertiary alicyclic amines) is 1. The van der Waals surface area contributed by atoms with Crippen molar-refractivity contribution in [2.45, 2.75) is 25.8 Å². The highest BCUT2D eigenvalue weighted by Crippen LogP contribution is 2.27. The Kier molecular flexibility index (Phi) is 5.26. The Balaban J connectivity index is 1.54. The van der Waals surface area contributed by atoms with E-state index in [1.807, 2.05) is 12.1 Å². The number of carbonyl (C=O) groups excluding carboxylic acids is 1. The number of halogens is 2. The lowest BCUT2D eigenvalue weighted by Crippen LogP contribution is -2.41. The van der Waals surface area contributed by atoms with Gasteiger partial charge in [-0.2, -0.15) is 5.10 Å². The lowest BCUT2D eigenvalue weighted by atomic mass is 9.90. The van der Waals surface area contributed by atoms with Gasteiger partial charge in [0.2, 0.25) is 5.91 Å². The first-order valence-electron chi connectivity index (χ1n) is 7.84. The van der Waals surface area contributed by atoms with Crippen LogP contribution in [0.25, 0.3) is 0 Å². The number of rotatable bonds is 4. The normalized spacial score (nSPS) is 15.7. The van der Waals surface area contributed by atoms with Crippen molar-refractivity contribution in [1.82, 2.24) is 19.7 Å². The minimum absolute atomic E-state index is 0.0279. The first-order chi connectivity index (χ1) is 11.5. The van der Waals surface area contributed by atoms with Gasteiger partial charge in [-0.05, 0) is 48.9 Å². The molecule has 3 rings (SSSR count). The molecule has 1 saturated heterocycles. The van der Waals surface area contributed by atoms with Crippen LogP contribution in [0.5, 0.6) is 0 Å². The summed E-state index contributed by atoms with van der Waals surface area (Å²) in [6.45, 7) is 1.41. The topological polar surface area (TPSA) is 71.0 Å². The van der Waals surface area contributed by atoms with Crippen LogP contribution < -0.4 is 5.69 Å². The van der Waals surface area contributed by atoms with Gasteiger partial charge in [-0.25, -0.2) is 9.89 Å². The van der Waals surface area contributed by atoms with E-state index in [1.54, 1.807) is 11.0 Å². The van der Waals surface area contributed by atoms with Gasteiger partial charge in [0.15, 0.2) is 0 Å². The second kappa shape index (κ2) is 7.40. The molecular weight excluding hydrogens is 351 g/mol. The van der Waals surface area contributed by atoms with Crippen LogP contribution in [0.2, 0.25) is 10.0 Å². The SMILES string of the molecule is O=C(Cn1cn[nH]c1=O)N1CCC(Cc2cc(Cl)ccc2Cl)CC1. The van der Waals surface area contributed by atoms with E-state index in [9.17, 15) is 9.59 Å². The molecule has 0 spiro atoms. The van der Waals surface area contributed by atoms with Crippen LogP contribution in [0.4, 0.5) is 0 Å². The van der Waals surface area contributed by atoms with Gasteiger partial charge in [0.05, 0.1) is 0 Å². The van der Waals surface area contributed by atoms with Gasteiger partial charge in [0, 0.05) is 23.1 Å². The Hall–Kier alpha value is -1.79. The predicted octanol–water partition coefficient (Wildman–Crippen LogP) is 2.36. The minimum Gasteiger partial charge on any atom is -0.341 e. The molecule has 0 atom stereocenters. The van der Waals surface area contributed by atoms with E-state index in [1.165, 1.54) is 10.9 Å². The average Bonchev–Trinajstić information content (AvgIpc) is 2.96. The molecule has 2 aromatic rings. The number of nitrogens with zero attached hydrogens (tertiary/aromatic N) is 3. The number of hydrogen-bond acceptors (Lipinski definition) is 3. The lowest BCUT2D eigenvalue weighted by Gasteiger charge is -2.32. The number of carbonyl (C=O) groups is 1. The zero-order valence-electron chi connectivity index (χ0n) is 13.0. The average molecular weight is 369 g/mol. The Bertz CT molecular complexity index is 778. The second-order valence-corrected chi connectivity index (χ2v) is 6.90. The van der Waals surface area contributed by atoms with Gasteiger partial charge in [0.1, 0.15) is 12.9 Å². The fourth-order valence-electron chi connectivity index (χ4n) is 3.03. The number of aromatic amines is 1. The number of amides is 1. The molecule has 8 heteroatoms. The van der Waals surface area contributed by atoms with Crippen molar-refractivity contribution in [3.63, 3.8) is 0 Å². The van der Waals surface area contributed by atoms with Crippen molar-refractivity contribution in [3.05, 3.63) is 50.6 Å². The number of aromatic nitrogens is 3. The third kappa shape index (κ3) is 3.99. The first-order valence-corrected chi connectivity index (χ1v) is 8.60. The maximum Gasteiger partial charge on any atom is 0.343 e. The number of piperidine rings is 1. The summed E-state index contributed by atoms with van der Waals surface area (Å²) in [7, 11) is 0. The summed E-state index contributed by atoms with van der Waals surface area (Å²) in [4.78, 5) is 25.5. The van der Waals surface area contributed by atoms with Gasteiger partial charge >= 0.3 is 5.69 Å². The summed E-state index contributed by atoms with van der Waals surface area (Å²) in [5.74, 6) is 0.416. The second-order valence-electron chi connectivity index (χ2n) is 6.05.